The van der Waals surface area contributed by atoms with Crippen LogP contribution in [0.2, 0.25) is 5.02 Å². The highest BCUT2D eigenvalue weighted by Crippen LogP contribution is 2.27. The third kappa shape index (κ3) is 3.82. The van der Waals surface area contributed by atoms with Crippen molar-refractivity contribution in [3.63, 3.8) is 0 Å². The van der Waals surface area contributed by atoms with Crippen LogP contribution in [0.1, 0.15) is 43.0 Å². The number of nitrogens with zero attached hydrogens (tertiary/aromatic N) is 3. The minimum atomic E-state index is 0.0405. The first-order valence-electron chi connectivity index (χ1n) is 8.00. The lowest BCUT2D eigenvalue weighted by Gasteiger charge is -2.34. The third-order valence-electron chi connectivity index (χ3n) is 4.07. The van der Waals surface area contributed by atoms with Crippen LogP contribution in [-0.4, -0.2) is 29.7 Å². The Morgan fingerprint density at radius 3 is 2.65 bits per heavy atom. The standard InChI is InChI=1S/C18H22ClN3O/c1-12(2)16-10-18(21-13(3)20-16)22-8-9-23-17(11-22)14-4-6-15(19)7-5-14/h4-7,10,12,17H,8-9,11H2,1-3H3/t17-/m0/s1. The Balaban J connectivity index is 1.82. The van der Waals surface area contributed by atoms with Gasteiger partial charge in [-0.05, 0) is 30.5 Å². The summed E-state index contributed by atoms with van der Waals surface area (Å²) in [7, 11) is 0. The molecule has 1 aromatic carbocycles. The Morgan fingerprint density at radius 2 is 1.96 bits per heavy atom. The van der Waals surface area contributed by atoms with Crippen LogP contribution >= 0.6 is 11.6 Å². The molecule has 2 heterocycles. The number of anilines is 1. The van der Waals surface area contributed by atoms with Crippen LogP contribution in [0.4, 0.5) is 5.82 Å². The van der Waals surface area contributed by atoms with Gasteiger partial charge >= 0.3 is 0 Å². The molecule has 5 heteroatoms. The van der Waals surface area contributed by atoms with E-state index in [0.717, 1.165) is 41.0 Å². The summed E-state index contributed by atoms with van der Waals surface area (Å²) >= 11 is 5.97. The maximum Gasteiger partial charge on any atom is 0.132 e. The van der Waals surface area contributed by atoms with Crippen molar-refractivity contribution in [2.24, 2.45) is 0 Å². The van der Waals surface area contributed by atoms with E-state index < -0.39 is 0 Å². The highest BCUT2D eigenvalue weighted by Gasteiger charge is 2.23. The third-order valence-corrected chi connectivity index (χ3v) is 4.32. The molecule has 122 valence electrons. The second-order valence-electron chi connectivity index (χ2n) is 6.21. The van der Waals surface area contributed by atoms with Crippen LogP contribution in [0.25, 0.3) is 0 Å². The molecule has 1 aliphatic rings. The first kappa shape index (κ1) is 16.2. The molecule has 0 unspecified atom stereocenters. The molecule has 1 atom stereocenters. The Morgan fingerprint density at radius 1 is 1.22 bits per heavy atom. The maximum absolute atomic E-state index is 5.97. The Hall–Kier alpha value is -1.65. The normalized spacial score (nSPS) is 18.5. The van der Waals surface area contributed by atoms with Crippen molar-refractivity contribution in [3.8, 4) is 0 Å². The van der Waals surface area contributed by atoms with Crippen LogP contribution in [0.15, 0.2) is 30.3 Å². The highest BCUT2D eigenvalue weighted by atomic mass is 35.5. The minimum Gasteiger partial charge on any atom is -0.370 e. The van der Waals surface area contributed by atoms with Crippen LogP contribution in [0, 0.1) is 6.92 Å². The SMILES string of the molecule is Cc1nc(C(C)C)cc(N2CCO[C@H](c3ccc(Cl)cc3)C2)n1. The molecule has 0 saturated carbocycles. The summed E-state index contributed by atoms with van der Waals surface area (Å²) in [5.74, 6) is 2.20. The molecule has 0 amide bonds. The molecule has 23 heavy (non-hydrogen) atoms. The summed E-state index contributed by atoms with van der Waals surface area (Å²) < 4.78 is 5.94. The number of aryl methyl sites for hydroxylation is 1. The molecule has 0 N–H and O–H groups in total. The maximum atomic E-state index is 5.97. The predicted octanol–water partition coefficient (Wildman–Crippen LogP) is 4.14. The smallest absolute Gasteiger partial charge is 0.132 e. The molecule has 0 bridgehead atoms. The van der Waals surface area contributed by atoms with Crippen molar-refractivity contribution < 1.29 is 4.74 Å². The van der Waals surface area contributed by atoms with Crippen LogP contribution < -0.4 is 4.90 Å². The first-order valence-corrected chi connectivity index (χ1v) is 8.38. The van der Waals surface area contributed by atoms with Crippen molar-refractivity contribution in [2.45, 2.75) is 32.8 Å². The van der Waals surface area contributed by atoms with Gasteiger partial charge in [0.05, 0.1) is 6.61 Å². The lowest BCUT2D eigenvalue weighted by molar-refractivity contribution is 0.0395. The average Bonchev–Trinajstić information content (AvgIpc) is 2.55. The molecule has 1 aliphatic heterocycles. The van der Waals surface area contributed by atoms with Crippen LogP contribution in [-0.2, 0) is 4.74 Å². The summed E-state index contributed by atoms with van der Waals surface area (Å²) in [4.78, 5) is 11.4. The van der Waals surface area contributed by atoms with E-state index in [2.05, 4.69) is 34.8 Å². The van der Waals surface area contributed by atoms with Gasteiger partial charge in [-0.2, -0.15) is 0 Å². The molecule has 1 saturated heterocycles. The lowest BCUT2D eigenvalue weighted by Crippen LogP contribution is -2.39. The van der Waals surface area contributed by atoms with Gasteiger partial charge in [-0.3, -0.25) is 0 Å². The fraction of sp³-hybridized carbons (Fsp3) is 0.444. The molecule has 0 radical (unpaired) electrons. The number of hydrogen-bond acceptors (Lipinski definition) is 4. The molecule has 1 aromatic heterocycles. The zero-order valence-electron chi connectivity index (χ0n) is 13.8. The summed E-state index contributed by atoms with van der Waals surface area (Å²) in [6.07, 6.45) is 0.0405. The van der Waals surface area contributed by atoms with E-state index in [4.69, 9.17) is 16.3 Å². The lowest BCUT2D eigenvalue weighted by atomic mass is 10.1. The minimum absolute atomic E-state index is 0.0405. The van der Waals surface area contributed by atoms with E-state index >= 15 is 0 Å². The van der Waals surface area contributed by atoms with E-state index in [9.17, 15) is 0 Å². The van der Waals surface area contributed by atoms with Gasteiger partial charge < -0.3 is 9.64 Å². The second-order valence-corrected chi connectivity index (χ2v) is 6.65. The topological polar surface area (TPSA) is 38.2 Å². The number of aromatic nitrogens is 2. The highest BCUT2D eigenvalue weighted by molar-refractivity contribution is 6.30. The fourth-order valence-corrected chi connectivity index (χ4v) is 2.89. The number of rotatable bonds is 3. The molecular formula is C18H22ClN3O. The summed E-state index contributed by atoms with van der Waals surface area (Å²) in [6.45, 7) is 8.58. The molecule has 3 rings (SSSR count). The largest absolute Gasteiger partial charge is 0.370 e. The van der Waals surface area contributed by atoms with Gasteiger partial charge in [0.1, 0.15) is 17.7 Å². The van der Waals surface area contributed by atoms with Crippen LogP contribution in [0.5, 0.6) is 0 Å². The number of morpholine rings is 1. The Kier molecular flexibility index (Phi) is 4.83. The average molecular weight is 332 g/mol. The van der Waals surface area contributed by atoms with Gasteiger partial charge in [0.25, 0.3) is 0 Å². The van der Waals surface area contributed by atoms with Gasteiger partial charge in [-0.25, -0.2) is 9.97 Å². The fourth-order valence-electron chi connectivity index (χ4n) is 2.77. The van der Waals surface area contributed by atoms with E-state index in [1.165, 1.54) is 0 Å². The van der Waals surface area contributed by atoms with Gasteiger partial charge in [0.15, 0.2) is 0 Å². The quantitative estimate of drug-likeness (QED) is 0.847. The monoisotopic (exact) mass is 331 g/mol. The van der Waals surface area contributed by atoms with Crippen molar-refractivity contribution in [1.29, 1.82) is 0 Å². The Bertz CT molecular complexity index is 672. The van der Waals surface area contributed by atoms with Gasteiger partial charge in [0, 0.05) is 29.9 Å². The van der Waals surface area contributed by atoms with E-state index in [0.29, 0.717) is 12.5 Å². The van der Waals surface area contributed by atoms with Gasteiger partial charge in [-0.1, -0.05) is 37.6 Å². The van der Waals surface area contributed by atoms with E-state index in [-0.39, 0.29) is 6.10 Å². The molecule has 0 spiro atoms. The Labute approximate surface area is 142 Å². The summed E-state index contributed by atoms with van der Waals surface area (Å²) in [5, 5.41) is 0.745. The second kappa shape index (κ2) is 6.85. The summed E-state index contributed by atoms with van der Waals surface area (Å²) in [5.41, 5.74) is 2.23. The molecule has 2 aromatic rings. The number of benzene rings is 1. The number of halogens is 1. The van der Waals surface area contributed by atoms with Crippen molar-refractivity contribution in [2.75, 3.05) is 24.6 Å². The number of ether oxygens (including phenoxy) is 1. The van der Waals surface area contributed by atoms with E-state index in [1.807, 2.05) is 31.2 Å². The van der Waals surface area contributed by atoms with Crippen molar-refractivity contribution in [1.82, 2.24) is 9.97 Å². The molecule has 4 nitrogen and oxygen atoms in total. The zero-order chi connectivity index (χ0) is 16.4. The van der Waals surface area contributed by atoms with Crippen molar-refractivity contribution >= 4 is 17.4 Å². The molecule has 1 fully saturated rings. The molecular weight excluding hydrogens is 310 g/mol. The van der Waals surface area contributed by atoms with Gasteiger partial charge in [0.2, 0.25) is 0 Å². The predicted molar refractivity (Wildman–Crippen MR) is 93.2 cm³/mol. The molecule has 0 aliphatic carbocycles. The van der Waals surface area contributed by atoms with E-state index in [1.54, 1.807) is 0 Å². The number of hydrogen-bond donors (Lipinski definition) is 0. The first-order chi connectivity index (χ1) is 11.0. The van der Waals surface area contributed by atoms with Crippen LogP contribution in [0.3, 0.4) is 0 Å². The van der Waals surface area contributed by atoms with Crippen molar-refractivity contribution in [3.05, 3.63) is 52.4 Å². The van der Waals surface area contributed by atoms with Gasteiger partial charge in [-0.15, -0.1) is 0 Å². The zero-order valence-corrected chi connectivity index (χ0v) is 14.5. The summed E-state index contributed by atoms with van der Waals surface area (Å²) in [6, 6.07) is 9.97.